The van der Waals surface area contributed by atoms with Gasteiger partial charge in [-0.15, -0.1) is 0 Å². The van der Waals surface area contributed by atoms with E-state index in [1.807, 2.05) is 0 Å². The van der Waals surface area contributed by atoms with Crippen molar-refractivity contribution in [3.05, 3.63) is 0 Å². The first-order chi connectivity index (χ1) is 1.91. The van der Waals surface area contributed by atoms with Gasteiger partial charge in [0.2, 0.25) is 0 Å². The zero-order chi connectivity index (χ0) is 3.41. The fraction of sp³-hybridized carbons (Fsp3) is 1.00. The number of aliphatic hydroxyl groups is 1. The normalized spacial score (nSPS) is 6.50. The van der Waals surface area contributed by atoms with Crippen LogP contribution in [0.5, 0.6) is 0 Å². The van der Waals surface area contributed by atoms with Crippen LogP contribution in [0.15, 0.2) is 0 Å². The van der Waals surface area contributed by atoms with Gasteiger partial charge in [-0.1, -0.05) is 0 Å². The molecular formula is CH5BOP. The van der Waals surface area contributed by atoms with E-state index in [0.29, 0.717) is 0 Å². The Balaban J connectivity index is 1.97. The number of aliphatic hydroxyl groups excluding tert-OH is 1. The van der Waals surface area contributed by atoms with Gasteiger partial charge in [-0.05, 0) is 0 Å². The summed E-state index contributed by atoms with van der Waals surface area (Å²) in [4.78, 5) is 0. The van der Waals surface area contributed by atoms with Crippen LogP contribution < -0.4 is 0 Å². The molecule has 0 aliphatic carbocycles. The third-order valence-electron chi connectivity index (χ3n) is 0.105. The number of hydrogen-bond donors (Lipinski definition) is 1. The van der Waals surface area contributed by atoms with Crippen LogP contribution in [-0.2, 0) is 0 Å². The van der Waals surface area contributed by atoms with Gasteiger partial charge in [0.25, 0.3) is 0 Å². The molecule has 4 heavy (non-hydrogen) atoms. The lowest BCUT2D eigenvalue weighted by molar-refractivity contribution is 0.368. The van der Waals surface area contributed by atoms with E-state index in [4.69, 9.17) is 5.11 Å². The molecule has 0 aromatic heterocycles. The summed E-state index contributed by atoms with van der Waals surface area (Å²) in [7, 11) is 2.28. The highest BCUT2D eigenvalue weighted by Crippen LogP contribution is 1.65. The van der Waals surface area contributed by atoms with Crippen molar-refractivity contribution in [3.63, 3.8) is 0 Å². The third kappa shape index (κ3) is 2.45. The largest absolute Gasteiger partial charge is 0.405 e. The van der Waals surface area contributed by atoms with Crippen LogP contribution in [0.2, 0.25) is 0 Å². The Morgan fingerprint density at radius 2 is 2.25 bits per heavy atom. The molecule has 0 fully saturated rings. The summed E-state index contributed by atoms with van der Waals surface area (Å²) < 4.78 is 0. The van der Waals surface area contributed by atoms with Gasteiger partial charge in [0, 0.05) is 6.51 Å². The summed E-state index contributed by atoms with van der Waals surface area (Å²) in [6.45, 7) is 1.75. The standard InChI is InChI=1S/CH5BOP/c3-1-2-4/h3H,1,4H2. The maximum absolute atomic E-state index is 7.80. The van der Waals surface area contributed by atoms with Gasteiger partial charge in [-0.25, -0.2) is 0 Å². The number of rotatable bonds is 1. The highest BCUT2D eigenvalue weighted by atomic mass is 31.0. The second kappa shape index (κ2) is 3.45. The van der Waals surface area contributed by atoms with Gasteiger partial charge in [-0.3, -0.25) is 0 Å². The van der Waals surface area contributed by atoms with Crippen LogP contribution in [0.25, 0.3) is 0 Å². The quantitative estimate of drug-likeness (QED) is 0.327. The van der Waals surface area contributed by atoms with E-state index < -0.39 is 0 Å². The van der Waals surface area contributed by atoms with Crippen LogP contribution in [0.3, 0.4) is 0 Å². The van der Waals surface area contributed by atoms with Crippen molar-refractivity contribution in [1.29, 1.82) is 0 Å². The lowest BCUT2D eigenvalue weighted by Gasteiger charge is -1.65. The highest BCUT2D eigenvalue weighted by molar-refractivity contribution is 7.55. The topological polar surface area (TPSA) is 20.2 Å². The van der Waals surface area contributed by atoms with Crippen molar-refractivity contribution < 1.29 is 5.11 Å². The zero-order valence-electron chi connectivity index (χ0n) is 2.31. The van der Waals surface area contributed by atoms with Crippen LogP contribution in [0.1, 0.15) is 0 Å². The molecule has 0 saturated carbocycles. The predicted octanol–water partition coefficient (Wildman–Crippen LogP) is -0.570. The van der Waals surface area contributed by atoms with Crippen molar-refractivity contribution >= 4 is 16.1 Å². The van der Waals surface area contributed by atoms with Crippen molar-refractivity contribution in [2.24, 2.45) is 0 Å². The Bertz CT molecular complexity index is 10.0. The maximum Gasteiger partial charge on any atom is 0.172 e. The molecule has 1 radical (unpaired) electrons. The Morgan fingerprint density at radius 1 is 2.00 bits per heavy atom. The second-order valence-electron chi connectivity index (χ2n) is 0.418. The Hall–Kier alpha value is 0.455. The molecule has 0 rings (SSSR count). The molecule has 0 aliphatic heterocycles. The predicted molar refractivity (Wildman–Crippen MR) is 22.5 cm³/mol. The first-order valence-electron chi connectivity index (χ1n) is 1.06. The van der Waals surface area contributed by atoms with Crippen molar-refractivity contribution in [1.82, 2.24) is 0 Å². The Morgan fingerprint density at radius 3 is 2.25 bits per heavy atom. The highest BCUT2D eigenvalue weighted by Gasteiger charge is 1.63. The summed E-state index contributed by atoms with van der Waals surface area (Å²) in [5.41, 5.74) is 0. The molecule has 0 amide bonds. The molecule has 3 heteroatoms. The zero-order valence-corrected chi connectivity index (χ0v) is 3.46. The summed E-state index contributed by atoms with van der Waals surface area (Å²) in [5.74, 6) is 0. The molecule has 0 aliphatic rings. The number of hydrogen-bond acceptors (Lipinski definition) is 1. The molecule has 0 aromatic rings. The molecule has 0 aromatic carbocycles. The van der Waals surface area contributed by atoms with E-state index in [9.17, 15) is 0 Å². The summed E-state index contributed by atoms with van der Waals surface area (Å²) >= 11 is 0. The fourth-order valence-electron chi connectivity index (χ4n) is 0. The van der Waals surface area contributed by atoms with Crippen LogP contribution in [0.4, 0.5) is 0 Å². The van der Waals surface area contributed by atoms with E-state index in [-0.39, 0.29) is 6.51 Å². The molecule has 0 heterocycles. The molecule has 0 saturated heterocycles. The molecule has 23 valence electrons. The van der Waals surface area contributed by atoms with Gasteiger partial charge in [-0.2, -0.15) is 9.12 Å². The van der Waals surface area contributed by atoms with Crippen LogP contribution in [-0.4, -0.2) is 18.6 Å². The van der Waals surface area contributed by atoms with E-state index >= 15 is 0 Å². The minimum absolute atomic E-state index is 0.157. The fourth-order valence-corrected chi connectivity index (χ4v) is 0. The van der Waals surface area contributed by atoms with Gasteiger partial charge in [0.1, 0.15) is 0 Å². The lowest BCUT2D eigenvalue weighted by Crippen LogP contribution is -1.81. The molecule has 1 N–H and O–H groups in total. The van der Waals surface area contributed by atoms with E-state index in [1.54, 1.807) is 7.00 Å². The van der Waals surface area contributed by atoms with Crippen LogP contribution in [0, 0.1) is 0 Å². The molecule has 1 unspecified atom stereocenters. The first kappa shape index (κ1) is 4.45. The van der Waals surface area contributed by atoms with Crippen molar-refractivity contribution in [2.75, 3.05) is 6.51 Å². The Labute approximate surface area is 28.8 Å². The average molecular weight is 74.8 g/mol. The maximum atomic E-state index is 7.80. The van der Waals surface area contributed by atoms with Crippen LogP contribution >= 0.6 is 9.12 Å². The minimum atomic E-state index is 0.157. The minimum Gasteiger partial charge on any atom is -0.405 e. The van der Waals surface area contributed by atoms with Crippen molar-refractivity contribution in [3.8, 4) is 0 Å². The average Bonchev–Trinajstić information content (AvgIpc) is 1.37. The van der Waals surface area contributed by atoms with Gasteiger partial charge in [0.05, 0.1) is 0 Å². The lowest BCUT2D eigenvalue weighted by atomic mass is 10.2. The van der Waals surface area contributed by atoms with E-state index in [0.717, 1.165) is 0 Å². The monoisotopic (exact) mass is 75.0 g/mol. The third-order valence-corrected chi connectivity index (χ3v) is 0.316. The molecule has 1 nitrogen and oxygen atoms in total. The Kier molecular flexibility index (Phi) is 3.85. The van der Waals surface area contributed by atoms with E-state index in [1.165, 1.54) is 0 Å². The summed E-state index contributed by atoms with van der Waals surface area (Å²) in [6.07, 6.45) is 0. The van der Waals surface area contributed by atoms with Gasteiger partial charge in [0.15, 0.2) is 7.00 Å². The SMILES string of the molecule is OC[B]P. The molecule has 0 spiro atoms. The smallest absolute Gasteiger partial charge is 0.172 e. The van der Waals surface area contributed by atoms with Crippen molar-refractivity contribution in [2.45, 2.75) is 0 Å². The van der Waals surface area contributed by atoms with Gasteiger partial charge >= 0.3 is 0 Å². The molecular weight excluding hydrogens is 69.8 g/mol. The second-order valence-corrected chi connectivity index (χ2v) is 0.890. The summed E-state index contributed by atoms with van der Waals surface area (Å²) in [5, 5.41) is 7.80. The molecule has 0 bridgehead atoms. The molecule has 1 atom stereocenters. The van der Waals surface area contributed by atoms with Gasteiger partial charge < -0.3 is 5.11 Å². The van der Waals surface area contributed by atoms with E-state index in [2.05, 4.69) is 9.12 Å². The summed E-state index contributed by atoms with van der Waals surface area (Å²) in [6, 6.07) is 0. The first-order valence-corrected chi connectivity index (χ1v) is 1.72.